The highest BCUT2D eigenvalue weighted by Crippen LogP contribution is 2.30. The highest BCUT2D eigenvalue weighted by Gasteiger charge is 2.46. The second-order valence-corrected chi connectivity index (χ2v) is 7.25. The molecule has 2 unspecified atom stereocenters. The Morgan fingerprint density at radius 2 is 1.33 bits per heavy atom. The van der Waals surface area contributed by atoms with Crippen LogP contribution >= 0.6 is 25.3 Å². The van der Waals surface area contributed by atoms with Crippen molar-refractivity contribution < 1.29 is 23.9 Å². The molecule has 2 aliphatic heterocycles. The van der Waals surface area contributed by atoms with Gasteiger partial charge in [-0.3, -0.25) is 0 Å². The monoisotopic (exact) mass is 381 g/mol. The van der Waals surface area contributed by atoms with Crippen LogP contribution in [0, 0.1) is 0 Å². The third-order valence-corrected chi connectivity index (χ3v) is 4.63. The topological polar surface area (TPSA) is 53.5 Å². The van der Waals surface area contributed by atoms with Crippen molar-refractivity contribution in [3.05, 3.63) is 0 Å². The van der Waals surface area contributed by atoms with Crippen LogP contribution in [0.15, 0.2) is 0 Å². The molecule has 0 radical (unpaired) electrons. The van der Waals surface area contributed by atoms with Crippen molar-refractivity contribution in [2.45, 2.75) is 64.6 Å². The molecule has 0 bridgehead atoms. The van der Waals surface area contributed by atoms with Crippen LogP contribution in [-0.2, 0) is 18.6 Å². The number of hydrogen-bond donors (Lipinski definition) is 3. The van der Waals surface area contributed by atoms with Crippen molar-refractivity contribution in [3.8, 4) is 0 Å². The van der Waals surface area contributed by atoms with Gasteiger partial charge < -0.3 is 23.9 Å². The minimum absolute atomic E-state index is 0.0530. The summed E-state index contributed by atoms with van der Waals surface area (Å²) in [5.41, 5.74) is 0. The van der Waals surface area contributed by atoms with Gasteiger partial charge in [0.15, 0.2) is 0 Å². The largest absolute Gasteiger partial charge is 0.531 e. The highest BCUT2D eigenvalue weighted by atomic mass is 32.1. The molecule has 0 amide bonds. The van der Waals surface area contributed by atoms with Crippen molar-refractivity contribution in [1.82, 2.24) is 0 Å². The standard InChI is InChI=1S/C8H16BO4S2.C8H19N/c14-3-1-7-5-10-9(12-7)11-6-8(13-9)2-4-15;1-3-5-7-9-8-6-4-2/h7-8,14-15H,1-6H2;9H,3-8H2,1-2H3/q-1;/p+1. The summed E-state index contributed by atoms with van der Waals surface area (Å²) in [6.07, 6.45) is 7.25. The molecule has 2 atom stereocenters. The maximum atomic E-state index is 5.65. The van der Waals surface area contributed by atoms with Crippen LogP contribution in [0.25, 0.3) is 0 Å². The van der Waals surface area contributed by atoms with Gasteiger partial charge in [0, 0.05) is 25.4 Å². The normalized spacial score (nSPS) is 29.0. The quantitative estimate of drug-likeness (QED) is 0.308. The number of unbranched alkanes of at least 4 members (excludes halogenated alkanes) is 2. The zero-order valence-electron chi connectivity index (χ0n) is 15.3. The van der Waals surface area contributed by atoms with Crippen LogP contribution in [0.5, 0.6) is 0 Å². The number of hydrogen-bond acceptors (Lipinski definition) is 6. The SMILES string of the molecule is CCCC[NH2+]CCCC.SCCC1CO[B-]2(OCC(CCS)O2)O1. The fourth-order valence-corrected chi connectivity index (χ4v) is 3.25. The van der Waals surface area contributed by atoms with E-state index in [-0.39, 0.29) is 12.2 Å². The zero-order valence-corrected chi connectivity index (χ0v) is 17.1. The lowest BCUT2D eigenvalue weighted by atomic mass is 10.1. The molecule has 8 heteroatoms. The van der Waals surface area contributed by atoms with E-state index >= 15 is 0 Å². The molecule has 1 spiro atoms. The summed E-state index contributed by atoms with van der Waals surface area (Å²) < 4.78 is 22.3. The number of quaternary nitrogens is 1. The minimum atomic E-state index is -1.91. The summed E-state index contributed by atoms with van der Waals surface area (Å²) >= 11 is 8.32. The summed E-state index contributed by atoms with van der Waals surface area (Å²) in [5, 5.41) is 2.42. The average molecular weight is 381 g/mol. The van der Waals surface area contributed by atoms with Crippen molar-refractivity contribution in [2.24, 2.45) is 0 Å². The third-order valence-electron chi connectivity index (χ3n) is 4.12. The van der Waals surface area contributed by atoms with Gasteiger partial charge in [-0.05, 0) is 37.2 Å². The van der Waals surface area contributed by atoms with Crippen molar-refractivity contribution >= 4 is 32.2 Å². The minimum Gasteiger partial charge on any atom is -0.517 e. The zero-order chi connectivity index (χ0) is 17.7. The molecule has 144 valence electrons. The van der Waals surface area contributed by atoms with E-state index in [1.54, 1.807) is 0 Å². The van der Waals surface area contributed by atoms with E-state index < -0.39 is 6.96 Å². The highest BCUT2D eigenvalue weighted by molar-refractivity contribution is 7.80. The Labute approximate surface area is 158 Å². The van der Waals surface area contributed by atoms with Gasteiger partial charge in [-0.1, -0.05) is 26.7 Å². The van der Waals surface area contributed by atoms with E-state index in [0.717, 1.165) is 24.3 Å². The molecule has 0 aromatic heterocycles. The van der Waals surface area contributed by atoms with E-state index in [4.69, 9.17) is 18.6 Å². The molecule has 24 heavy (non-hydrogen) atoms. The van der Waals surface area contributed by atoms with Crippen molar-refractivity contribution in [3.63, 3.8) is 0 Å². The van der Waals surface area contributed by atoms with Crippen LogP contribution in [0.3, 0.4) is 0 Å². The second kappa shape index (κ2) is 13.7. The Kier molecular flexibility index (Phi) is 12.9. The maximum Gasteiger partial charge on any atom is 0.531 e. The maximum absolute atomic E-state index is 5.65. The van der Waals surface area contributed by atoms with Gasteiger partial charge in [-0.25, -0.2) is 0 Å². The number of rotatable bonds is 10. The molecule has 0 aliphatic carbocycles. The smallest absolute Gasteiger partial charge is 0.517 e. The van der Waals surface area contributed by atoms with E-state index in [0.29, 0.717) is 13.2 Å². The van der Waals surface area contributed by atoms with Gasteiger partial charge >= 0.3 is 6.96 Å². The van der Waals surface area contributed by atoms with Gasteiger partial charge in [0.05, 0.1) is 13.1 Å². The third kappa shape index (κ3) is 8.78. The van der Waals surface area contributed by atoms with Crippen LogP contribution < -0.4 is 5.32 Å². The summed E-state index contributed by atoms with van der Waals surface area (Å²) in [7, 11) is 0. The summed E-state index contributed by atoms with van der Waals surface area (Å²) in [6, 6.07) is 0. The lowest BCUT2D eigenvalue weighted by Gasteiger charge is -2.28. The molecule has 0 aromatic carbocycles. The van der Waals surface area contributed by atoms with E-state index in [1.807, 2.05) is 0 Å². The predicted octanol–water partition coefficient (Wildman–Crippen LogP) is 2.04. The van der Waals surface area contributed by atoms with Crippen LogP contribution in [0.4, 0.5) is 0 Å². The Morgan fingerprint density at radius 3 is 1.71 bits per heavy atom. The summed E-state index contributed by atoms with van der Waals surface area (Å²) in [5.74, 6) is 1.56. The average Bonchev–Trinajstić information content (AvgIpc) is 3.16. The molecule has 0 saturated carbocycles. The van der Waals surface area contributed by atoms with Gasteiger partial charge in [0.1, 0.15) is 0 Å². The van der Waals surface area contributed by atoms with Gasteiger partial charge in [0.2, 0.25) is 0 Å². The molecule has 2 saturated heterocycles. The van der Waals surface area contributed by atoms with Gasteiger partial charge in [-0.2, -0.15) is 25.3 Å². The summed E-state index contributed by atoms with van der Waals surface area (Å²) in [6.45, 7) is 6.31. The Bertz CT molecular complexity index is 288. The lowest BCUT2D eigenvalue weighted by Crippen LogP contribution is -2.84. The van der Waals surface area contributed by atoms with Gasteiger partial charge in [0.25, 0.3) is 0 Å². The predicted molar refractivity (Wildman–Crippen MR) is 106 cm³/mol. The molecule has 2 fully saturated rings. The van der Waals surface area contributed by atoms with E-state index in [2.05, 4.69) is 44.4 Å². The first-order valence-electron chi connectivity index (χ1n) is 9.49. The Morgan fingerprint density at radius 1 is 0.875 bits per heavy atom. The second-order valence-electron chi connectivity index (χ2n) is 6.36. The molecule has 2 rings (SSSR count). The van der Waals surface area contributed by atoms with Crippen molar-refractivity contribution in [2.75, 3.05) is 37.8 Å². The fraction of sp³-hybridized carbons (Fsp3) is 1.00. The fourth-order valence-electron chi connectivity index (χ4n) is 2.67. The molecule has 0 aromatic rings. The van der Waals surface area contributed by atoms with Crippen LogP contribution in [0.2, 0.25) is 0 Å². The van der Waals surface area contributed by atoms with Crippen LogP contribution in [0.1, 0.15) is 52.4 Å². The van der Waals surface area contributed by atoms with Crippen LogP contribution in [-0.4, -0.2) is 57.0 Å². The number of thiol groups is 2. The van der Waals surface area contributed by atoms with Gasteiger partial charge in [-0.15, -0.1) is 0 Å². The Hall–Kier alpha value is 0.565. The first kappa shape index (κ1) is 22.6. The first-order chi connectivity index (χ1) is 11.7. The Balaban J connectivity index is 0.000000277. The van der Waals surface area contributed by atoms with Crippen molar-refractivity contribution in [1.29, 1.82) is 0 Å². The molecular formula is C16H36BNO4S2. The number of nitrogens with two attached hydrogens (primary N) is 1. The first-order valence-corrected chi connectivity index (χ1v) is 10.8. The molecular weight excluding hydrogens is 345 g/mol. The molecule has 2 N–H and O–H groups in total. The van der Waals surface area contributed by atoms with E-state index in [9.17, 15) is 0 Å². The summed E-state index contributed by atoms with van der Waals surface area (Å²) in [4.78, 5) is 0. The van der Waals surface area contributed by atoms with E-state index in [1.165, 1.54) is 38.8 Å². The molecule has 2 heterocycles. The molecule has 5 nitrogen and oxygen atoms in total. The lowest BCUT2D eigenvalue weighted by molar-refractivity contribution is -0.655. The molecule has 2 aliphatic rings.